The molecule has 0 saturated heterocycles. The Morgan fingerprint density at radius 3 is 2.00 bits per heavy atom. The lowest BCUT2D eigenvalue weighted by Crippen LogP contribution is -2.34. The summed E-state index contributed by atoms with van der Waals surface area (Å²) in [6, 6.07) is 1.50. The second-order valence-corrected chi connectivity index (χ2v) is 13.4. The summed E-state index contributed by atoms with van der Waals surface area (Å²) in [4.78, 5) is 8.53. The van der Waals surface area contributed by atoms with Crippen LogP contribution in [0, 0.1) is 6.92 Å². The molecule has 1 aromatic heterocycles. The molecule has 1 unspecified atom stereocenters. The zero-order valence-electron chi connectivity index (χ0n) is 13.8. The van der Waals surface area contributed by atoms with Crippen molar-refractivity contribution in [1.82, 2.24) is 9.97 Å². The van der Waals surface area contributed by atoms with Gasteiger partial charge in [-0.2, -0.15) is 4.98 Å². The van der Waals surface area contributed by atoms with Gasteiger partial charge in [0.2, 0.25) is 14.2 Å². The molecular formula is C12H14Cl7N2O3PS. The van der Waals surface area contributed by atoms with Gasteiger partial charge in [0.25, 0.3) is 4.52 Å². The fourth-order valence-electron chi connectivity index (χ4n) is 1.43. The Morgan fingerprint density at radius 1 is 1.04 bits per heavy atom. The second-order valence-electron chi connectivity index (χ2n) is 5.40. The third-order valence-electron chi connectivity index (χ3n) is 2.40. The van der Waals surface area contributed by atoms with Crippen LogP contribution in [-0.2, 0) is 20.9 Å². The lowest BCUT2D eigenvalue weighted by Gasteiger charge is -2.33. The third-order valence-corrected chi connectivity index (χ3v) is 7.25. The SMILES string of the molecule is Cc1cc(OP(=S)(OC(C)(Cl)Cl)OC(Cl)(Cl)C(Cl)(Cl)Cl)nc(C(C)C)n1. The highest BCUT2D eigenvalue weighted by molar-refractivity contribution is 8.07. The van der Waals surface area contributed by atoms with Crippen molar-refractivity contribution in [3.8, 4) is 5.88 Å². The standard InChI is InChI=1S/C12H14Cl7N2O3PS/c1-6(2)9-20-7(3)5-8(21-9)22-25(26,23-10(4,13)14)24-12(18,19)11(15,16)17/h5-6H,1-4H3. The molecule has 150 valence electrons. The van der Waals surface area contributed by atoms with Gasteiger partial charge in [-0.25, -0.2) is 4.98 Å². The first-order valence-corrected chi connectivity index (χ1v) is 12.0. The van der Waals surface area contributed by atoms with Crippen LogP contribution in [-0.4, -0.2) is 22.8 Å². The number of hydrogen-bond donors (Lipinski definition) is 0. The monoisotopic (exact) mass is 542 g/mol. The fourth-order valence-corrected chi connectivity index (χ4v) is 5.54. The topological polar surface area (TPSA) is 53.5 Å². The van der Waals surface area contributed by atoms with E-state index in [4.69, 9.17) is 107 Å². The summed E-state index contributed by atoms with van der Waals surface area (Å²) in [5.74, 6) is 0.561. The Morgan fingerprint density at radius 2 is 1.58 bits per heavy atom. The molecular weight excluding hydrogens is 531 g/mol. The van der Waals surface area contributed by atoms with Crippen LogP contribution < -0.4 is 4.52 Å². The van der Waals surface area contributed by atoms with Crippen molar-refractivity contribution in [3.63, 3.8) is 0 Å². The van der Waals surface area contributed by atoms with Gasteiger partial charge in [0.05, 0.1) is 0 Å². The van der Waals surface area contributed by atoms with Gasteiger partial charge in [0.15, 0.2) is 0 Å². The van der Waals surface area contributed by atoms with Crippen molar-refractivity contribution in [3.05, 3.63) is 17.6 Å². The summed E-state index contributed by atoms with van der Waals surface area (Å²) in [6.45, 7) is 2.95. The Bertz CT molecular complexity index is 694. The number of nitrogens with zero attached hydrogens (tertiary/aromatic N) is 2. The minimum atomic E-state index is -3.89. The first kappa shape index (κ1) is 25.5. The van der Waals surface area contributed by atoms with E-state index in [0.29, 0.717) is 11.5 Å². The highest BCUT2D eigenvalue weighted by Crippen LogP contribution is 2.62. The van der Waals surface area contributed by atoms with Crippen molar-refractivity contribution in [2.75, 3.05) is 0 Å². The average molecular weight is 545 g/mol. The van der Waals surface area contributed by atoms with Crippen LogP contribution in [0.25, 0.3) is 0 Å². The van der Waals surface area contributed by atoms with Gasteiger partial charge in [-0.15, -0.1) is 0 Å². The van der Waals surface area contributed by atoms with Gasteiger partial charge >= 0.3 is 6.72 Å². The normalized spacial score (nSPS) is 15.8. The Hall–Kier alpha value is 1.48. The Labute approximate surface area is 192 Å². The summed E-state index contributed by atoms with van der Waals surface area (Å²) in [6.07, 6.45) is 0. The smallest absolute Gasteiger partial charge is 0.387 e. The number of alkyl halides is 7. The van der Waals surface area contributed by atoms with Gasteiger partial charge in [0, 0.05) is 29.5 Å². The third kappa shape index (κ3) is 8.08. The molecule has 5 nitrogen and oxygen atoms in total. The van der Waals surface area contributed by atoms with Gasteiger partial charge in [0.1, 0.15) is 5.82 Å². The number of aryl methyl sites for hydroxylation is 1. The molecule has 1 heterocycles. The van der Waals surface area contributed by atoms with Crippen molar-refractivity contribution < 1.29 is 13.6 Å². The summed E-state index contributed by atoms with van der Waals surface area (Å²) in [5.41, 5.74) is 0.615. The van der Waals surface area contributed by atoms with Crippen molar-refractivity contribution in [2.24, 2.45) is 0 Å². The first-order chi connectivity index (χ1) is 11.4. The molecule has 14 heteroatoms. The largest absolute Gasteiger partial charge is 0.405 e. The molecule has 26 heavy (non-hydrogen) atoms. The maximum absolute atomic E-state index is 5.93. The van der Waals surface area contributed by atoms with Gasteiger partial charge in [-0.1, -0.05) is 95.1 Å². The van der Waals surface area contributed by atoms with Crippen LogP contribution in [0.2, 0.25) is 0 Å². The molecule has 0 aliphatic rings. The van der Waals surface area contributed by atoms with E-state index in [1.54, 1.807) is 6.92 Å². The molecule has 0 bridgehead atoms. The molecule has 0 spiro atoms. The number of halogens is 7. The number of aromatic nitrogens is 2. The van der Waals surface area contributed by atoms with E-state index in [1.165, 1.54) is 13.0 Å². The number of rotatable bonds is 7. The lowest BCUT2D eigenvalue weighted by atomic mass is 10.2. The molecule has 0 aliphatic heterocycles. The molecule has 0 aromatic carbocycles. The van der Waals surface area contributed by atoms with Crippen molar-refractivity contribution in [1.29, 1.82) is 0 Å². The minimum absolute atomic E-state index is 0.0181. The van der Waals surface area contributed by atoms with Crippen LogP contribution in [0.3, 0.4) is 0 Å². The molecule has 1 aromatic rings. The molecule has 0 N–H and O–H groups in total. The van der Waals surface area contributed by atoms with Crippen LogP contribution >= 0.6 is 87.9 Å². The predicted molar refractivity (Wildman–Crippen MR) is 113 cm³/mol. The number of hydrogen-bond acceptors (Lipinski definition) is 6. The van der Waals surface area contributed by atoms with E-state index in [1.807, 2.05) is 13.8 Å². The lowest BCUT2D eigenvalue weighted by molar-refractivity contribution is 0.147. The Balaban J connectivity index is 3.29. The van der Waals surface area contributed by atoms with E-state index in [0.717, 1.165) is 0 Å². The van der Waals surface area contributed by atoms with Crippen molar-refractivity contribution >= 4 is 99.7 Å². The highest BCUT2D eigenvalue weighted by atomic mass is 35.6. The quantitative estimate of drug-likeness (QED) is 0.267. The molecule has 0 radical (unpaired) electrons. The van der Waals surface area contributed by atoms with Gasteiger partial charge < -0.3 is 4.52 Å². The average Bonchev–Trinajstić information content (AvgIpc) is 2.32. The van der Waals surface area contributed by atoms with Crippen molar-refractivity contribution in [2.45, 2.75) is 46.4 Å². The van der Waals surface area contributed by atoms with Crippen LogP contribution in [0.5, 0.6) is 5.88 Å². The minimum Gasteiger partial charge on any atom is -0.405 e. The summed E-state index contributed by atoms with van der Waals surface area (Å²) >= 11 is 46.0. The van der Waals surface area contributed by atoms with E-state index in [9.17, 15) is 0 Å². The Kier molecular flexibility index (Phi) is 8.92. The maximum atomic E-state index is 5.93. The predicted octanol–water partition coefficient (Wildman–Crippen LogP) is 7.20. The van der Waals surface area contributed by atoms with Crippen LogP contribution in [0.4, 0.5) is 0 Å². The molecule has 0 amide bonds. The molecule has 0 aliphatic carbocycles. The van der Waals surface area contributed by atoms with Crippen LogP contribution in [0.1, 0.15) is 38.2 Å². The van der Waals surface area contributed by atoms with E-state index >= 15 is 0 Å². The summed E-state index contributed by atoms with van der Waals surface area (Å²) < 4.78 is 9.69. The van der Waals surface area contributed by atoms with Crippen LogP contribution in [0.15, 0.2) is 6.07 Å². The summed E-state index contributed by atoms with van der Waals surface area (Å²) in [5, 5.41) is 0. The molecule has 1 atom stereocenters. The van der Waals surface area contributed by atoms with E-state index in [2.05, 4.69) is 9.97 Å². The summed E-state index contributed by atoms with van der Waals surface area (Å²) in [7, 11) is 0. The highest BCUT2D eigenvalue weighted by Gasteiger charge is 2.53. The maximum Gasteiger partial charge on any atom is 0.387 e. The fraction of sp³-hybridized carbons (Fsp3) is 0.667. The first-order valence-electron chi connectivity index (χ1n) is 6.83. The van der Waals surface area contributed by atoms with E-state index < -0.39 is 19.5 Å². The molecule has 0 saturated carbocycles. The molecule has 0 fully saturated rings. The van der Waals surface area contributed by atoms with Gasteiger partial charge in [-0.3, -0.25) is 9.05 Å². The molecule has 1 rings (SSSR count). The second kappa shape index (κ2) is 9.09. The van der Waals surface area contributed by atoms with Gasteiger partial charge in [-0.05, 0) is 13.8 Å². The van der Waals surface area contributed by atoms with E-state index in [-0.39, 0.29) is 11.8 Å². The zero-order chi connectivity index (χ0) is 20.6. The zero-order valence-corrected chi connectivity index (χ0v) is 20.8.